The topological polar surface area (TPSA) is 191 Å². The number of nitrogens with two attached hydrogens (primary N) is 4. The van der Waals surface area contributed by atoms with Gasteiger partial charge in [-0.3, -0.25) is 0 Å². The predicted octanol–water partition coefficient (Wildman–Crippen LogP) is -1.04. The summed E-state index contributed by atoms with van der Waals surface area (Å²) in [6.07, 6.45) is 0.566. The zero-order valence-electron chi connectivity index (χ0n) is 13.0. The molecule has 0 aliphatic rings. The molecule has 0 aromatic carbocycles. The molecule has 124 valence electrons. The number of hydrogen-bond donors (Lipinski definition) is 4. The van der Waals surface area contributed by atoms with E-state index in [2.05, 4.69) is 29.9 Å². The number of hydrogen-bond acceptors (Lipinski definition) is 11. The van der Waals surface area contributed by atoms with Crippen molar-refractivity contribution in [2.45, 2.75) is 38.9 Å². The van der Waals surface area contributed by atoms with Gasteiger partial charge in [0.15, 0.2) is 0 Å². The molecule has 0 amide bonds. The molecule has 23 heavy (non-hydrogen) atoms. The summed E-state index contributed by atoms with van der Waals surface area (Å²) in [6.45, 7) is 3.78. The Bertz CT molecular complexity index is 581. The van der Waals surface area contributed by atoms with Crippen LogP contribution >= 0.6 is 0 Å². The Morgan fingerprint density at radius 1 is 0.652 bits per heavy atom. The molecule has 2 atom stereocenters. The Hall–Kier alpha value is -2.82. The number of ether oxygens (including phenoxy) is 1. The van der Waals surface area contributed by atoms with E-state index in [1.165, 1.54) is 0 Å². The van der Waals surface area contributed by atoms with Crippen molar-refractivity contribution in [2.75, 3.05) is 22.9 Å². The second kappa shape index (κ2) is 6.96. The summed E-state index contributed by atoms with van der Waals surface area (Å²) < 4.78 is 5.85. The van der Waals surface area contributed by atoms with Crippen molar-refractivity contribution in [1.82, 2.24) is 29.9 Å². The van der Waals surface area contributed by atoms with Crippen molar-refractivity contribution < 1.29 is 4.74 Å². The summed E-state index contributed by atoms with van der Waals surface area (Å²) in [5.41, 5.74) is 22.2. The lowest BCUT2D eigenvalue weighted by Gasteiger charge is -2.18. The molecule has 0 spiro atoms. The van der Waals surface area contributed by atoms with Crippen LogP contribution < -0.4 is 22.9 Å². The Morgan fingerprint density at radius 2 is 0.957 bits per heavy atom. The molecule has 2 aromatic heterocycles. The molecular weight excluding hydrogens is 300 g/mol. The van der Waals surface area contributed by atoms with Crippen LogP contribution in [0.15, 0.2) is 0 Å². The Kier molecular flexibility index (Phi) is 5.01. The normalized spacial score (nSPS) is 13.7. The molecule has 0 aliphatic carbocycles. The van der Waals surface area contributed by atoms with Gasteiger partial charge >= 0.3 is 0 Å². The summed E-state index contributed by atoms with van der Waals surface area (Å²) in [7, 11) is 0. The van der Waals surface area contributed by atoms with E-state index in [1.54, 1.807) is 0 Å². The Balaban J connectivity index is 1.92. The minimum atomic E-state index is -0.164. The van der Waals surface area contributed by atoms with E-state index >= 15 is 0 Å². The summed E-state index contributed by atoms with van der Waals surface area (Å²) in [5.74, 6) is 1.30. The average molecular weight is 320 g/mol. The lowest BCUT2D eigenvalue weighted by molar-refractivity contribution is 0.00754. The van der Waals surface area contributed by atoms with Crippen molar-refractivity contribution in [3.63, 3.8) is 0 Å². The zero-order valence-corrected chi connectivity index (χ0v) is 13.0. The van der Waals surface area contributed by atoms with E-state index < -0.39 is 0 Å². The van der Waals surface area contributed by atoms with Crippen LogP contribution in [0.3, 0.4) is 0 Å². The van der Waals surface area contributed by atoms with Gasteiger partial charge in [-0.05, 0) is 13.8 Å². The van der Waals surface area contributed by atoms with Crippen molar-refractivity contribution in [3.8, 4) is 0 Å². The van der Waals surface area contributed by atoms with E-state index in [1.807, 2.05) is 13.8 Å². The van der Waals surface area contributed by atoms with Gasteiger partial charge in [0, 0.05) is 12.8 Å². The highest BCUT2D eigenvalue weighted by molar-refractivity contribution is 5.26. The van der Waals surface area contributed by atoms with Gasteiger partial charge in [0.1, 0.15) is 11.6 Å². The van der Waals surface area contributed by atoms with Gasteiger partial charge in [-0.1, -0.05) is 0 Å². The Morgan fingerprint density at radius 3 is 1.26 bits per heavy atom. The molecule has 2 rings (SSSR count). The van der Waals surface area contributed by atoms with E-state index in [0.29, 0.717) is 24.5 Å². The molecule has 2 unspecified atom stereocenters. The van der Waals surface area contributed by atoms with Crippen LogP contribution in [0.4, 0.5) is 23.8 Å². The Labute approximate surface area is 132 Å². The van der Waals surface area contributed by atoms with E-state index in [4.69, 9.17) is 27.7 Å². The van der Waals surface area contributed by atoms with Crippen LogP contribution in [0.1, 0.15) is 25.5 Å². The quantitative estimate of drug-likeness (QED) is 0.508. The first-order chi connectivity index (χ1) is 10.8. The maximum absolute atomic E-state index is 5.85. The van der Waals surface area contributed by atoms with Crippen LogP contribution in [0.2, 0.25) is 0 Å². The minimum Gasteiger partial charge on any atom is -0.375 e. The fourth-order valence-electron chi connectivity index (χ4n) is 2.10. The lowest BCUT2D eigenvalue weighted by Crippen LogP contribution is -2.23. The second-order valence-corrected chi connectivity index (χ2v) is 5.10. The highest BCUT2D eigenvalue weighted by Gasteiger charge is 2.14. The smallest absolute Gasteiger partial charge is 0.225 e. The van der Waals surface area contributed by atoms with Gasteiger partial charge in [-0.25, -0.2) is 0 Å². The van der Waals surface area contributed by atoms with Crippen LogP contribution in [-0.2, 0) is 17.6 Å². The predicted molar refractivity (Wildman–Crippen MR) is 84.7 cm³/mol. The first-order valence-corrected chi connectivity index (χ1v) is 6.99. The summed E-state index contributed by atoms with van der Waals surface area (Å²) in [6, 6.07) is 0. The van der Waals surface area contributed by atoms with Crippen molar-refractivity contribution in [3.05, 3.63) is 11.6 Å². The lowest BCUT2D eigenvalue weighted by atomic mass is 10.2. The van der Waals surface area contributed by atoms with Crippen LogP contribution in [0, 0.1) is 0 Å². The third-order valence-electron chi connectivity index (χ3n) is 2.84. The molecule has 11 nitrogen and oxygen atoms in total. The van der Waals surface area contributed by atoms with Gasteiger partial charge in [-0.15, -0.1) is 0 Å². The summed E-state index contributed by atoms with van der Waals surface area (Å²) in [4.78, 5) is 23.5. The largest absolute Gasteiger partial charge is 0.375 e. The highest BCUT2D eigenvalue weighted by atomic mass is 16.5. The van der Waals surface area contributed by atoms with Gasteiger partial charge in [-0.2, -0.15) is 29.9 Å². The van der Waals surface area contributed by atoms with E-state index in [-0.39, 0.29) is 36.0 Å². The fraction of sp³-hybridized carbons (Fsp3) is 0.500. The monoisotopic (exact) mass is 320 g/mol. The molecular formula is C12H20N10O. The first-order valence-electron chi connectivity index (χ1n) is 6.99. The molecule has 2 heterocycles. The maximum Gasteiger partial charge on any atom is 0.225 e. The number of aromatic nitrogens is 6. The third-order valence-corrected chi connectivity index (χ3v) is 2.84. The molecule has 0 saturated heterocycles. The molecule has 0 bridgehead atoms. The number of nitrogens with zero attached hydrogens (tertiary/aromatic N) is 6. The molecule has 0 aliphatic heterocycles. The van der Waals surface area contributed by atoms with Gasteiger partial charge in [0.2, 0.25) is 23.8 Å². The van der Waals surface area contributed by atoms with Crippen LogP contribution in [0.5, 0.6) is 0 Å². The second-order valence-electron chi connectivity index (χ2n) is 5.10. The highest BCUT2D eigenvalue weighted by Crippen LogP contribution is 2.10. The molecule has 8 N–H and O–H groups in total. The minimum absolute atomic E-state index is 0.0869. The number of nitrogen functional groups attached to an aromatic ring is 4. The zero-order chi connectivity index (χ0) is 17.0. The summed E-state index contributed by atoms with van der Waals surface area (Å²) in [5, 5.41) is 0. The number of rotatable bonds is 6. The molecule has 0 saturated carbocycles. The average Bonchev–Trinajstić information content (AvgIpc) is 2.34. The maximum atomic E-state index is 5.85. The molecule has 0 radical (unpaired) electrons. The van der Waals surface area contributed by atoms with Crippen molar-refractivity contribution in [1.29, 1.82) is 0 Å². The van der Waals surface area contributed by atoms with Gasteiger partial charge in [0.05, 0.1) is 12.2 Å². The van der Waals surface area contributed by atoms with Gasteiger partial charge in [0.25, 0.3) is 0 Å². The molecule has 11 heteroatoms. The van der Waals surface area contributed by atoms with Crippen LogP contribution in [0.25, 0.3) is 0 Å². The van der Waals surface area contributed by atoms with Crippen LogP contribution in [-0.4, -0.2) is 42.1 Å². The van der Waals surface area contributed by atoms with Crippen molar-refractivity contribution in [2.24, 2.45) is 0 Å². The van der Waals surface area contributed by atoms with E-state index in [0.717, 1.165) is 0 Å². The fourth-order valence-corrected chi connectivity index (χ4v) is 2.10. The summed E-state index contributed by atoms with van der Waals surface area (Å²) >= 11 is 0. The molecule has 2 aromatic rings. The van der Waals surface area contributed by atoms with Crippen molar-refractivity contribution >= 4 is 23.8 Å². The first kappa shape index (κ1) is 16.5. The third kappa shape index (κ3) is 5.14. The molecule has 0 fully saturated rings. The standard InChI is InChI=1S/C12H20N10O/c1-5(3-7-17-9(13)21-10(14)18-7)23-6(2)4-8-19-11(15)22-12(16)20-8/h5-6H,3-4H2,1-2H3,(H4,13,14,17,18,21)(H4,15,16,19,20,22). The SMILES string of the molecule is CC(Cc1nc(N)nc(N)n1)OC(C)Cc1nc(N)nc(N)n1. The van der Waals surface area contributed by atoms with E-state index in [9.17, 15) is 0 Å². The number of anilines is 4. The van der Waals surface area contributed by atoms with Gasteiger partial charge < -0.3 is 27.7 Å².